The molecule has 0 aliphatic heterocycles. The maximum Gasteiger partial charge on any atom is 0.411 e. The molecule has 0 aliphatic rings. The van der Waals surface area contributed by atoms with Crippen molar-refractivity contribution in [2.75, 3.05) is 0 Å². The van der Waals surface area contributed by atoms with Crippen LogP contribution in [-0.4, -0.2) is 11.7 Å². The van der Waals surface area contributed by atoms with Gasteiger partial charge in [0.15, 0.2) is 0 Å². The molecule has 1 amide bonds. The second-order valence-corrected chi connectivity index (χ2v) is 3.84. The summed E-state index contributed by atoms with van der Waals surface area (Å²) in [6.45, 7) is 7.59. The van der Waals surface area contributed by atoms with E-state index in [1.165, 1.54) is 0 Å². The number of allylic oxidation sites excluding steroid dienone is 1. The van der Waals surface area contributed by atoms with Gasteiger partial charge in [-0.15, -0.1) is 0 Å². The standard InChI is InChI=1S/C10H19NO2/c1-5-6-7-8-11-9(12)13-10(2,3)4/h7-8H,5-6H2,1-4H3,(H,11,12). The van der Waals surface area contributed by atoms with Gasteiger partial charge in [0.05, 0.1) is 0 Å². The van der Waals surface area contributed by atoms with Crippen molar-refractivity contribution >= 4 is 6.09 Å². The average Bonchev–Trinajstić information content (AvgIpc) is 1.94. The van der Waals surface area contributed by atoms with E-state index >= 15 is 0 Å². The van der Waals surface area contributed by atoms with E-state index in [-0.39, 0.29) is 0 Å². The topological polar surface area (TPSA) is 38.3 Å². The van der Waals surface area contributed by atoms with Gasteiger partial charge in [0.1, 0.15) is 5.60 Å². The first-order chi connectivity index (χ1) is 5.95. The van der Waals surface area contributed by atoms with Crippen LogP contribution >= 0.6 is 0 Å². The molecule has 0 aromatic heterocycles. The van der Waals surface area contributed by atoms with Gasteiger partial charge in [0, 0.05) is 6.20 Å². The Hall–Kier alpha value is -0.990. The lowest BCUT2D eigenvalue weighted by Gasteiger charge is -2.18. The van der Waals surface area contributed by atoms with Gasteiger partial charge in [-0.3, -0.25) is 5.32 Å². The molecular weight excluding hydrogens is 166 g/mol. The van der Waals surface area contributed by atoms with Crippen molar-refractivity contribution in [3.8, 4) is 0 Å². The molecule has 0 radical (unpaired) electrons. The van der Waals surface area contributed by atoms with Gasteiger partial charge >= 0.3 is 6.09 Å². The molecule has 0 atom stereocenters. The molecule has 0 aromatic carbocycles. The van der Waals surface area contributed by atoms with E-state index < -0.39 is 11.7 Å². The normalized spacial score (nSPS) is 11.7. The van der Waals surface area contributed by atoms with Gasteiger partial charge in [-0.25, -0.2) is 4.79 Å². The molecule has 0 unspecified atom stereocenters. The minimum Gasteiger partial charge on any atom is -0.444 e. The highest BCUT2D eigenvalue weighted by molar-refractivity contribution is 5.68. The number of amides is 1. The van der Waals surface area contributed by atoms with Gasteiger partial charge in [-0.2, -0.15) is 0 Å². The fraction of sp³-hybridized carbons (Fsp3) is 0.700. The van der Waals surface area contributed by atoms with Crippen molar-refractivity contribution in [1.82, 2.24) is 5.32 Å². The lowest BCUT2D eigenvalue weighted by molar-refractivity contribution is 0.0552. The number of carbonyl (C=O) groups excluding carboxylic acids is 1. The van der Waals surface area contributed by atoms with Crippen LogP contribution in [0.1, 0.15) is 40.5 Å². The van der Waals surface area contributed by atoms with Crippen molar-refractivity contribution in [1.29, 1.82) is 0 Å². The Kier molecular flexibility index (Phi) is 5.19. The van der Waals surface area contributed by atoms with Crippen molar-refractivity contribution in [3.63, 3.8) is 0 Å². The summed E-state index contributed by atoms with van der Waals surface area (Å²) in [7, 11) is 0. The van der Waals surface area contributed by atoms with Gasteiger partial charge in [0.2, 0.25) is 0 Å². The Bertz CT molecular complexity index is 180. The van der Waals surface area contributed by atoms with Gasteiger partial charge in [-0.1, -0.05) is 19.4 Å². The molecule has 0 bridgehead atoms. The monoisotopic (exact) mass is 185 g/mol. The molecule has 0 saturated heterocycles. The molecular formula is C10H19NO2. The first kappa shape index (κ1) is 12.0. The third kappa shape index (κ3) is 8.92. The zero-order chi connectivity index (χ0) is 10.3. The Morgan fingerprint density at radius 3 is 2.54 bits per heavy atom. The number of rotatable bonds is 3. The fourth-order valence-corrected chi connectivity index (χ4v) is 0.685. The summed E-state index contributed by atoms with van der Waals surface area (Å²) in [5.41, 5.74) is -0.428. The number of ether oxygens (including phenoxy) is 1. The third-order valence-electron chi connectivity index (χ3n) is 1.17. The van der Waals surface area contributed by atoms with E-state index in [4.69, 9.17) is 4.74 Å². The molecule has 76 valence electrons. The molecule has 0 saturated carbocycles. The summed E-state index contributed by atoms with van der Waals surface area (Å²) >= 11 is 0. The first-order valence-corrected chi connectivity index (χ1v) is 4.60. The maximum atomic E-state index is 11.0. The van der Waals surface area contributed by atoms with Gasteiger partial charge < -0.3 is 4.74 Å². The Balaban J connectivity index is 3.64. The second-order valence-electron chi connectivity index (χ2n) is 3.84. The predicted molar refractivity (Wildman–Crippen MR) is 53.4 cm³/mol. The van der Waals surface area contributed by atoms with Crippen LogP contribution in [0.5, 0.6) is 0 Å². The van der Waals surface area contributed by atoms with Crippen LogP contribution in [0.3, 0.4) is 0 Å². The van der Waals surface area contributed by atoms with Crippen molar-refractivity contribution in [2.45, 2.75) is 46.1 Å². The van der Waals surface area contributed by atoms with E-state index in [2.05, 4.69) is 12.2 Å². The molecule has 0 fully saturated rings. The molecule has 1 N–H and O–H groups in total. The number of nitrogens with one attached hydrogen (secondary N) is 1. The summed E-state index contributed by atoms with van der Waals surface area (Å²) in [4.78, 5) is 11.0. The number of unbranched alkanes of at least 4 members (excludes halogenated alkanes) is 1. The zero-order valence-electron chi connectivity index (χ0n) is 8.89. The molecule has 3 heteroatoms. The van der Waals surface area contributed by atoms with Crippen LogP contribution in [0.4, 0.5) is 4.79 Å². The SMILES string of the molecule is CCCC=CNC(=O)OC(C)(C)C. The highest BCUT2D eigenvalue weighted by Crippen LogP contribution is 2.06. The van der Waals surface area contributed by atoms with E-state index in [0.29, 0.717) is 0 Å². The van der Waals surface area contributed by atoms with Crippen LogP contribution in [-0.2, 0) is 4.74 Å². The molecule has 0 aliphatic carbocycles. The van der Waals surface area contributed by atoms with Crippen LogP contribution < -0.4 is 5.32 Å². The van der Waals surface area contributed by atoms with Crippen LogP contribution in [0.2, 0.25) is 0 Å². The molecule has 3 nitrogen and oxygen atoms in total. The van der Waals surface area contributed by atoms with Crippen molar-refractivity contribution in [2.24, 2.45) is 0 Å². The Labute approximate surface area is 80.2 Å². The van der Waals surface area contributed by atoms with Crippen molar-refractivity contribution in [3.05, 3.63) is 12.3 Å². The van der Waals surface area contributed by atoms with E-state index in [0.717, 1.165) is 12.8 Å². The largest absolute Gasteiger partial charge is 0.444 e. The highest BCUT2D eigenvalue weighted by Gasteiger charge is 2.14. The number of alkyl carbamates (subject to hydrolysis) is 1. The average molecular weight is 185 g/mol. The fourth-order valence-electron chi connectivity index (χ4n) is 0.685. The maximum absolute atomic E-state index is 11.0. The van der Waals surface area contributed by atoms with Crippen molar-refractivity contribution < 1.29 is 9.53 Å². The first-order valence-electron chi connectivity index (χ1n) is 4.60. The predicted octanol–water partition coefficient (Wildman–Crippen LogP) is 2.82. The van der Waals surface area contributed by atoms with E-state index in [9.17, 15) is 4.79 Å². The van der Waals surface area contributed by atoms with E-state index in [1.807, 2.05) is 26.8 Å². The molecule has 0 spiro atoms. The molecule has 0 rings (SSSR count). The molecule has 13 heavy (non-hydrogen) atoms. The zero-order valence-corrected chi connectivity index (χ0v) is 8.89. The van der Waals surface area contributed by atoms with Crippen LogP contribution in [0, 0.1) is 0 Å². The third-order valence-corrected chi connectivity index (χ3v) is 1.17. The van der Waals surface area contributed by atoms with E-state index in [1.54, 1.807) is 6.20 Å². The van der Waals surface area contributed by atoms with Crippen LogP contribution in [0.15, 0.2) is 12.3 Å². The summed E-state index contributed by atoms with van der Waals surface area (Å²) in [6.07, 6.45) is 5.17. The lowest BCUT2D eigenvalue weighted by Crippen LogP contribution is -2.29. The minimum atomic E-state index is -0.428. The number of carbonyl (C=O) groups is 1. The summed E-state index contributed by atoms with van der Waals surface area (Å²) in [5.74, 6) is 0. The van der Waals surface area contributed by atoms with Gasteiger partial charge in [-0.05, 0) is 27.2 Å². The second kappa shape index (κ2) is 5.62. The Morgan fingerprint density at radius 2 is 2.08 bits per heavy atom. The van der Waals surface area contributed by atoms with Gasteiger partial charge in [0.25, 0.3) is 0 Å². The smallest absolute Gasteiger partial charge is 0.411 e. The summed E-state index contributed by atoms with van der Waals surface area (Å²) in [6, 6.07) is 0. The minimum absolute atomic E-state index is 0.403. The molecule has 0 aromatic rings. The quantitative estimate of drug-likeness (QED) is 0.734. The van der Waals surface area contributed by atoms with Crippen LogP contribution in [0.25, 0.3) is 0 Å². The number of hydrogen-bond donors (Lipinski definition) is 1. The Morgan fingerprint density at radius 1 is 1.46 bits per heavy atom. The number of hydrogen-bond acceptors (Lipinski definition) is 2. The highest BCUT2D eigenvalue weighted by atomic mass is 16.6. The lowest BCUT2D eigenvalue weighted by atomic mass is 10.2. The summed E-state index contributed by atoms with van der Waals surface area (Å²) < 4.78 is 5.02. The summed E-state index contributed by atoms with van der Waals surface area (Å²) in [5, 5.41) is 2.53. The molecule has 0 heterocycles.